The van der Waals surface area contributed by atoms with Crippen LogP contribution < -0.4 is 9.64 Å². The minimum absolute atomic E-state index is 0.0353. The van der Waals surface area contributed by atoms with E-state index < -0.39 is 22.0 Å². The van der Waals surface area contributed by atoms with Gasteiger partial charge in [-0.05, 0) is 59.8 Å². The highest BCUT2D eigenvalue weighted by molar-refractivity contribution is 7.89. The van der Waals surface area contributed by atoms with Crippen molar-refractivity contribution in [3.8, 4) is 17.6 Å². The van der Waals surface area contributed by atoms with E-state index in [9.17, 15) is 18.0 Å². The number of benzene rings is 2. The van der Waals surface area contributed by atoms with Crippen molar-refractivity contribution >= 4 is 38.9 Å². The van der Waals surface area contributed by atoms with Crippen LogP contribution in [0.3, 0.4) is 0 Å². The predicted octanol–water partition coefficient (Wildman–Crippen LogP) is 2.82. The van der Waals surface area contributed by atoms with Crippen LogP contribution in [0.2, 0.25) is 0 Å². The number of carbonyl (C=O) groups excluding carboxylic acids is 2. The average molecular weight is 555 g/mol. The lowest BCUT2D eigenvalue weighted by Crippen LogP contribution is -2.50. The van der Waals surface area contributed by atoms with Crippen molar-refractivity contribution in [2.45, 2.75) is 24.4 Å². The molecule has 1 unspecified atom stereocenters. The van der Waals surface area contributed by atoms with Gasteiger partial charge in [0.2, 0.25) is 10.0 Å². The quantitative estimate of drug-likeness (QED) is 0.368. The van der Waals surface area contributed by atoms with Crippen LogP contribution in [-0.2, 0) is 26.1 Å². The van der Waals surface area contributed by atoms with Gasteiger partial charge in [0.1, 0.15) is 25.0 Å². The number of carbonyl (C=O) groups is 2. The van der Waals surface area contributed by atoms with Crippen molar-refractivity contribution in [1.82, 2.24) is 4.31 Å². The van der Waals surface area contributed by atoms with E-state index in [1.165, 1.54) is 47.6 Å². The summed E-state index contributed by atoms with van der Waals surface area (Å²) in [6, 6.07) is 13.2. The third kappa shape index (κ3) is 5.74. The van der Waals surface area contributed by atoms with Crippen molar-refractivity contribution in [2.24, 2.45) is 0 Å². The maximum absolute atomic E-state index is 13.9. The molecule has 0 spiro atoms. The molecule has 1 atom stereocenters. The van der Waals surface area contributed by atoms with Crippen LogP contribution in [0.4, 0.5) is 5.69 Å². The third-order valence-electron chi connectivity index (χ3n) is 5.92. The fourth-order valence-electron chi connectivity index (χ4n) is 4.07. The number of aryl methyl sites for hydroxylation is 1. The van der Waals surface area contributed by atoms with E-state index in [-0.39, 0.29) is 37.1 Å². The first-order valence-electron chi connectivity index (χ1n) is 11.6. The lowest BCUT2D eigenvalue weighted by atomic mass is 10.1. The number of aliphatic hydroxyl groups excluding tert-OH is 1. The van der Waals surface area contributed by atoms with Crippen molar-refractivity contribution in [3.05, 3.63) is 76.0 Å². The van der Waals surface area contributed by atoms with Crippen molar-refractivity contribution < 1.29 is 32.6 Å². The number of anilines is 1. The molecular formula is C27H26N2O7S2. The molecule has 9 nitrogen and oxygen atoms in total. The zero-order valence-corrected chi connectivity index (χ0v) is 22.4. The van der Waals surface area contributed by atoms with E-state index >= 15 is 0 Å². The molecule has 0 saturated carbocycles. The summed E-state index contributed by atoms with van der Waals surface area (Å²) in [4.78, 5) is 28.4. The molecule has 1 amide bonds. The van der Waals surface area contributed by atoms with Crippen LogP contribution in [0, 0.1) is 18.8 Å². The Kier molecular flexibility index (Phi) is 8.48. The largest absolute Gasteiger partial charge is 0.481 e. The van der Waals surface area contributed by atoms with Crippen LogP contribution in [0.1, 0.15) is 20.8 Å². The second-order valence-electron chi connectivity index (χ2n) is 8.39. The minimum Gasteiger partial charge on any atom is -0.481 e. The van der Waals surface area contributed by atoms with Crippen LogP contribution in [0.5, 0.6) is 5.75 Å². The molecular weight excluding hydrogens is 528 g/mol. The van der Waals surface area contributed by atoms with E-state index in [4.69, 9.17) is 14.6 Å². The number of rotatable bonds is 6. The highest BCUT2D eigenvalue weighted by Gasteiger charge is 2.42. The number of methoxy groups -OCH3 is 1. The Bertz CT molecular complexity index is 1490. The van der Waals surface area contributed by atoms with Gasteiger partial charge in [-0.2, -0.15) is 4.31 Å². The van der Waals surface area contributed by atoms with Gasteiger partial charge in [0.15, 0.2) is 0 Å². The number of hydrogen-bond donors (Lipinski definition) is 1. The van der Waals surface area contributed by atoms with Gasteiger partial charge >= 0.3 is 5.97 Å². The van der Waals surface area contributed by atoms with Gasteiger partial charge < -0.3 is 19.5 Å². The molecule has 0 bridgehead atoms. The first kappa shape index (κ1) is 27.3. The number of para-hydroxylation sites is 1. The van der Waals surface area contributed by atoms with Crippen LogP contribution in [0.15, 0.2) is 64.9 Å². The molecule has 0 aliphatic carbocycles. The van der Waals surface area contributed by atoms with E-state index in [0.29, 0.717) is 21.9 Å². The van der Waals surface area contributed by atoms with E-state index in [0.717, 1.165) is 9.87 Å². The van der Waals surface area contributed by atoms with Crippen molar-refractivity contribution in [1.29, 1.82) is 0 Å². The van der Waals surface area contributed by atoms with Crippen molar-refractivity contribution in [3.63, 3.8) is 0 Å². The topological polar surface area (TPSA) is 113 Å². The molecule has 1 N–H and O–H groups in total. The lowest BCUT2D eigenvalue weighted by molar-refractivity contribution is -0.144. The molecule has 198 valence electrons. The maximum Gasteiger partial charge on any atom is 0.326 e. The Labute approximate surface area is 225 Å². The molecule has 2 heterocycles. The van der Waals surface area contributed by atoms with E-state index in [1.807, 2.05) is 12.3 Å². The average Bonchev–Trinajstić information content (AvgIpc) is 3.28. The number of thiophene rings is 1. The number of esters is 1. The molecule has 1 aliphatic heterocycles. The Morgan fingerprint density at radius 1 is 1.13 bits per heavy atom. The Morgan fingerprint density at radius 3 is 2.53 bits per heavy atom. The zero-order valence-electron chi connectivity index (χ0n) is 20.8. The molecule has 0 fully saturated rings. The minimum atomic E-state index is -4.21. The predicted molar refractivity (Wildman–Crippen MR) is 143 cm³/mol. The summed E-state index contributed by atoms with van der Waals surface area (Å²) in [5.74, 6) is 4.37. The number of ether oxygens (including phenoxy) is 2. The summed E-state index contributed by atoms with van der Waals surface area (Å²) in [6.07, 6.45) is 0. The SMILES string of the molecule is COC(=O)C1CN(C(=O)c2cc(C)cs2)c2ccccc2CN1S(=O)(=O)c1ccc(OCC#CCO)cc1. The number of hydrogen-bond acceptors (Lipinski definition) is 8. The normalized spacial score (nSPS) is 15.6. The van der Waals surface area contributed by atoms with Gasteiger partial charge in [0, 0.05) is 12.2 Å². The molecule has 4 rings (SSSR count). The van der Waals surface area contributed by atoms with Gasteiger partial charge in [0.25, 0.3) is 5.91 Å². The van der Waals surface area contributed by atoms with E-state index in [1.54, 1.807) is 30.3 Å². The van der Waals surface area contributed by atoms with Gasteiger partial charge in [-0.15, -0.1) is 11.3 Å². The number of amides is 1. The molecule has 2 aromatic carbocycles. The van der Waals surface area contributed by atoms with Gasteiger partial charge in [-0.1, -0.05) is 30.0 Å². The molecule has 1 aliphatic rings. The smallest absolute Gasteiger partial charge is 0.326 e. The molecule has 0 radical (unpaired) electrons. The molecule has 1 aromatic heterocycles. The number of sulfonamides is 1. The number of nitrogens with zero attached hydrogens (tertiary/aromatic N) is 2. The summed E-state index contributed by atoms with van der Waals surface area (Å²) in [6.45, 7) is 1.28. The molecule has 11 heteroatoms. The number of aliphatic hydroxyl groups is 1. The standard InChI is InChI=1S/C27H26N2O7S2/c1-19-15-25(37-18-19)26(31)28-17-24(27(32)35-2)29(16-20-7-3-4-8-23(20)28)38(33,34)22-11-9-21(10-12-22)36-14-6-5-13-30/h3-4,7-12,15,18,24,30H,13-14,16-17H2,1-2H3. The Morgan fingerprint density at radius 2 is 1.87 bits per heavy atom. The second-order valence-corrected chi connectivity index (χ2v) is 11.2. The summed E-state index contributed by atoms with van der Waals surface area (Å²) in [5, 5.41) is 10.6. The van der Waals surface area contributed by atoms with E-state index in [2.05, 4.69) is 11.8 Å². The molecule has 38 heavy (non-hydrogen) atoms. The Hall–Kier alpha value is -3.69. The van der Waals surface area contributed by atoms with Gasteiger partial charge in [-0.3, -0.25) is 9.59 Å². The lowest BCUT2D eigenvalue weighted by Gasteiger charge is -2.29. The summed E-state index contributed by atoms with van der Waals surface area (Å²) >= 11 is 1.29. The van der Waals surface area contributed by atoms with Gasteiger partial charge in [-0.25, -0.2) is 8.42 Å². The third-order valence-corrected chi connectivity index (χ3v) is 8.82. The fraction of sp³-hybridized carbons (Fsp3) is 0.259. The van der Waals surface area contributed by atoms with Crippen LogP contribution in [-0.4, -0.2) is 62.6 Å². The monoisotopic (exact) mass is 554 g/mol. The zero-order chi connectivity index (χ0) is 27.3. The number of fused-ring (bicyclic) bond motifs is 1. The first-order valence-corrected chi connectivity index (χ1v) is 13.9. The van der Waals surface area contributed by atoms with Gasteiger partial charge in [0.05, 0.1) is 23.4 Å². The van der Waals surface area contributed by atoms with Crippen LogP contribution in [0.25, 0.3) is 0 Å². The van der Waals surface area contributed by atoms with Crippen molar-refractivity contribution in [2.75, 3.05) is 31.8 Å². The fourth-order valence-corrected chi connectivity index (χ4v) is 6.46. The molecule has 0 saturated heterocycles. The second kappa shape index (κ2) is 11.8. The molecule has 3 aromatic rings. The van der Waals surface area contributed by atoms with Crippen LogP contribution >= 0.6 is 11.3 Å². The first-order chi connectivity index (χ1) is 18.3. The maximum atomic E-state index is 13.9. The summed E-state index contributed by atoms with van der Waals surface area (Å²) in [7, 11) is -3.02. The summed E-state index contributed by atoms with van der Waals surface area (Å²) in [5.41, 5.74) is 2.04. The highest BCUT2D eigenvalue weighted by Crippen LogP contribution is 2.33. The Balaban J connectivity index is 1.72. The summed E-state index contributed by atoms with van der Waals surface area (Å²) < 4.78 is 39.2. The highest BCUT2D eigenvalue weighted by atomic mass is 32.2.